The maximum atomic E-state index is 8.25. The van der Waals surface area contributed by atoms with Crippen LogP contribution in [0.5, 0.6) is 0 Å². The smallest absolute Gasteiger partial charge is 0.267 e. The molecule has 3 aromatic carbocycles. The molecule has 3 aromatic heterocycles. The Kier molecular flexibility index (Phi) is 10.8. The molecule has 0 spiro atoms. The van der Waals surface area contributed by atoms with E-state index in [9.17, 15) is 0 Å². The van der Waals surface area contributed by atoms with E-state index in [0.29, 0.717) is 0 Å². The summed E-state index contributed by atoms with van der Waals surface area (Å²) in [7, 11) is 0. The van der Waals surface area contributed by atoms with E-state index < -0.39 is 15.3 Å². The second-order valence-corrected chi connectivity index (χ2v) is 8.64. The molecule has 0 saturated carbocycles. The quantitative estimate of drug-likeness (QED) is 0.186. The highest BCUT2D eigenvalue weighted by Gasteiger charge is 2.22. The topological polar surface area (TPSA) is 292 Å². The van der Waals surface area contributed by atoms with E-state index in [1.165, 1.54) is 0 Å². The first-order valence-electron chi connectivity index (χ1n) is 12.1. The molecule has 0 saturated heterocycles. The summed E-state index contributed by atoms with van der Waals surface area (Å²) >= 11 is 0. The summed E-state index contributed by atoms with van der Waals surface area (Å²) in [4.78, 5) is 48.2. The number of hydrogen-bond acceptors (Lipinski definition) is 10. The van der Waals surface area contributed by atoms with Crippen molar-refractivity contribution in [1.82, 2.24) is 19.9 Å². The van der Waals surface area contributed by atoms with Gasteiger partial charge < -0.3 is 46.0 Å². The first kappa shape index (κ1) is 31.2. The van der Waals surface area contributed by atoms with Gasteiger partial charge in [0.2, 0.25) is 0 Å². The lowest BCUT2D eigenvalue weighted by Crippen LogP contribution is -2.30. The molecule has 19 nitrogen and oxygen atoms in total. The Hall–Kier alpha value is -6.37. The zero-order valence-corrected chi connectivity index (χ0v) is 22.0. The van der Waals surface area contributed by atoms with Gasteiger partial charge in [-0.1, -0.05) is 36.4 Å². The number of nitrogens with one attached hydrogen (secondary N) is 6. The number of aromatic nitrogens is 6. The number of para-hydroxylation sites is 6. The molecule has 224 valence electrons. The van der Waals surface area contributed by atoms with Gasteiger partial charge in [0.15, 0.2) is 33.1 Å². The highest BCUT2D eigenvalue weighted by molar-refractivity contribution is 5.71. The number of nitrogens with zero attached hydrogens (tertiary/aromatic N) is 4. The van der Waals surface area contributed by atoms with Crippen molar-refractivity contribution in [2.75, 3.05) is 0 Å². The molecule has 0 aliphatic carbocycles. The summed E-state index contributed by atoms with van der Waals surface area (Å²) in [5.41, 5.74) is 6.70. The number of aromatic amines is 6. The average Bonchev–Trinajstić information content (AvgIpc) is 3.62. The molecule has 6 rings (SSSR count). The van der Waals surface area contributed by atoms with Crippen LogP contribution in [0.25, 0.3) is 33.1 Å². The largest absolute Gasteiger partial charge is 0.356 e. The number of benzene rings is 3. The van der Waals surface area contributed by atoms with Crippen molar-refractivity contribution in [3.63, 3.8) is 0 Å². The third-order valence-corrected chi connectivity index (χ3v) is 5.64. The number of imidazole rings is 3. The van der Waals surface area contributed by atoms with Crippen molar-refractivity contribution in [2.24, 2.45) is 0 Å². The molecule has 0 unspecified atom stereocenters. The van der Waals surface area contributed by atoms with Gasteiger partial charge in [0.05, 0.1) is 15.3 Å². The third kappa shape index (κ3) is 10.3. The Labute approximate surface area is 239 Å². The van der Waals surface area contributed by atoms with Crippen LogP contribution in [0.1, 0.15) is 17.5 Å². The van der Waals surface area contributed by atoms with Gasteiger partial charge in [-0.3, -0.25) is 4.90 Å². The van der Waals surface area contributed by atoms with E-state index in [0.717, 1.165) is 70.2 Å². The fourth-order valence-corrected chi connectivity index (χ4v) is 4.25. The lowest BCUT2D eigenvalue weighted by molar-refractivity contribution is -0.403. The Morgan fingerprint density at radius 1 is 0.488 bits per heavy atom. The number of hydrogen-bond donors (Lipinski definition) is 3. The van der Waals surface area contributed by atoms with Gasteiger partial charge in [-0.25, -0.2) is 29.9 Å². The molecule has 6 N–H and O–H groups in total. The fraction of sp³-hybridized carbons (Fsp3) is 0.125. The summed E-state index contributed by atoms with van der Waals surface area (Å²) < 4.78 is 0. The molecular formula is C24H24N10O9. The third-order valence-electron chi connectivity index (χ3n) is 5.64. The van der Waals surface area contributed by atoms with Crippen molar-refractivity contribution in [3.8, 4) is 0 Å². The fourth-order valence-electron chi connectivity index (χ4n) is 4.25. The van der Waals surface area contributed by atoms with Crippen LogP contribution in [0.2, 0.25) is 0 Å². The van der Waals surface area contributed by atoms with Crippen molar-refractivity contribution in [2.45, 2.75) is 19.6 Å². The van der Waals surface area contributed by atoms with Crippen molar-refractivity contribution in [1.29, 1.82) is 0 Å². The van der Waals surface area contributed by atoms with E-state index in [1.807, 2.05) is 36.4 Å². The van der Waals surface area contributed by atoms with Crippen molar-refractivity contribution < 1.29 is 30.2 Å². The van der Waals surface area contributed by atoms with Gasteiger partial charge >= 0.3 is 0 Å². The van der Waals surface area contributed by atoms with Crippen LogP contribution in [0.15, 0.2) is 72.8 Å². The summed E-state index contributed by atoms with van der Waals surface area (Å²) in [6.45, 7) is 2.25. The Morgan fingerprint density at radius 3 is 0.953 bits per heavy atom. The van der Waals surface area contributed by atoms with Crippen LogP contribution in [0.4, 0.5) is 0 Å². The van der Waals surface area contributed by atoms with Crippen LogP contribution in [0, 0.1) is 46.0 Å². The molecule has 0 bridgehead atoms. The predicted octanol–water partition coefficient (Wildman–Crippen LogP) is 2.06. The van der Waals surface area contributed by atoms with Crippen LogP contribution in [0.3, 0.4) is 0 Å². The van der Waals surface area contributed by atoms with Crippen LogP contribution in [-0.4, -0.2) is 35.1 Å². The minimum Gasteiger partial charge on any atom is -0.356 e. The summed E-state index contributed by atoms with van der Waals surface area (Å²) in [5.74, 6) is 3.23. The highest BCUT2D eigenvalue weighted by atomic mass is 16.9. The minimum atomic E-state index is -1.75. The molecule has 0 amide bonds. The average molecular weight is 597 g/mol. The molecule has 6 aromatic rings. The molecule has 3 heterocycles. The standard InChI is InChI=1S/C24H21N7.3NO3/c1-2-8-17-16(7-1)25-22(26-17)13-31(14-23-27-18-9-3-4-10-19(18)28-23)15-24-29-20-11-5-6-12-21(20)30-24;3*2-1(3)4/h1-12H,13-15H2,(H,25,26)(H,27,28)(H,29,30);;;/q;3*-1/p+3. The molecule has 0 radical (unpaired) electrons. The number of rotatable bonds is 6. The Morgan fingerprint density at radius 2 is 0.721 bits per heavy atom. The molecule has 19 heteroatoms. The van der Waals surface area contributed by atoms with E-state index in [-0.39, 0.29) is 0 Å². The van der Waals surface area contributed by atoms with E-state index in [1.54, 1.807) is 0 Å². The first-order valence-corrected chi connectivity index (χ1v) is 12.1. The second-order valence-electron chi connectivity index (χ2n) is 8.64. The van der Waals surface area contributed by atoms with Gasteiger partial charge in [-0.2, -0.15) is 0 Å². The van der Waals surface area contributed by atoms with Gasteiger partial charge in [0.25, 0.3) is 17.5 Å². The maximum Gasteiger partial charge on any atom is 0.267 e. The highest BCUT2D eigenvalue weighted by Crippen LogP contribution is 2.14. The van der Waals surface area contributed by atoms with Gasteiger partial charge in [-0.15, -0.1) is 0 Å². The summed E-state index contributed by atoms with van der Waals surface area (Å²) in [5, 5.41) is 44.2. The van der Waals surface area contributed by atoms with Crippen LogP contribution in [-0.2, 0) is 19.6 Å². The second kappa shape index (κ2) is 14.9. The van der Waals surface area contributed by atoms with E-state index in [2.05, 4.69) is 71.2 Å². The molecule has 0 atom stereocenters. The molecule has 0 fully saturated rings. The van der Waals surface area contributed by atoms with Crippen LogP contribution < -0.4 is 15.0 Å². The SMILES string of the molecule is O=[N+]([O-])[O-].O=[N+]([O-])[O-].O=[N+]([O-])[O-].c1ccc2[nH+]c(CN(Cc3[nH]c4ccccc4[nH+]3)Cc3[nH]c4ccccc4[nH+]3)[nH]c2c1. The zero-order valence-electron chi connectivity index (χ0n) is 22.0. The monoisotopic (exact) mass is 596 g/mol. The minimum absolute atomic E-state index is 0.751. The zero-order chi connectivity index (χ0) is 31.4. The predicted molar refractivity (Wildman–Crippen MR) is 149 cm³/mol. The van der Waals surface area contributed by atoms with Gasteiger partial charge in [-0.05, 0) is 36.4 Å². The molecule has 43 heavy (non-hydrogen) atoms. The van der Waals surface area contributed by atoms with Gasteiger partial charge in [0, 0.05) is 0 Å². The van der Waals surface area contributed by atoms with Crippen molar-refractivity contribution >= 4 is 33.1 Å². The maximum absolute atomic E-state index is 8.25. The Bertz CT molecular complexity index is 1500. The Balaban J connectivity index is 0.000000363. The van der Waals surface area contributed by atoms with E-state index >= 15 is 0 Å². The molecule has 0 aliphatic heterocycles. The summed E-state index contributed by atoms with van der Waals surface area (Å²) in [6, 6.07) is 24.9. The molecule has 0 aliphatic rings. The van der Waals surface area contributed by atoms with Crippen LogP contribution >= 0.6 is 0 Å². The lowest BCUT2D eigenvalue weighted by Gasteiger charge is -2.13. The lowest BCUT2D eigenvalue weighted by atomic mass is 10.3. The number of H-pyrrole nitrogens is 6. The van der Waals surface area contributed by atoms with Gasteiger partial charge in [0.1, 0.15) is 19.6 Å². The normalized spacial score (nSPS) is 10.3. The van der Waals surface area contributed by atoms with E-state index in [4.69, 9.17) is 46.0 Å². The summed E-state index contributed by atoms with van der Waals surface area (Å²) in [6.07, 6.45) is 0. The van der Waals surface area contributed by atoms with Crippen molar-refractivity contribution in [3.05, 3.63) is 136 Å². The first-order chi connectivity index (χ1) is 20.5. The molecular weight excluding hydrogens is 572 g/mol. The number of fused-ring (bicyclic) bond motifs is 3.